The lowest BCUT2D eigenvalue weighted by molar-refractivity contribution is 0.414. The molecule has 0 amide bonds. The quantitative estimate of drug-likeness (QED) is 0.910. The Hall–Kier alpha value is -2.14. The number of aliphatic imine (C=N–C) groups is 1. The second kappa shape index (κ2) is 6.54. The number of nitrogens with zero attached hydrogens (tertiary/aromatic N) is 1. The second-order valence-electron chi connectivity index (χ2n) is 4.58. The molecule has 0 aromatic heterocycles. The monoisotopic (exact) mass is 299 g/mol. The largest absolute Gasteiger partial charge is 0.497 e. The Morgan fingerprint density at radius 2 is 1.71 bits per heavy atom. The van der Waals surface area contributed by atoms with Gasteiger partial charge in [0.05, 0.1) is 13.7 Å². The summed E-state index contributed by atoms with van der Waals surface area (Å²) < 4.78 is 5.16. The lowest BCUT2D eigenvalue weighted by Gasteiger charge is -2.08. The molecule has 0 unspecified atom stereocenters. The molecule has 108 valence electrons. The van der Waals surface area contributed by atoms with Crippen molar-refractivity contribution in [2.75, 3.05) is 25.5 Å². The average Bonchev–Trinajstić information content (AvgIpc) is 3.03. The molecule has 0 bridgehead atoms. The van der Waals surface area contributed by atoms with Crippen molar-refractivity contribution in [3.05, 3.63) is 48.5 Å². The number of hydrogen-bond acceptors (Lipinski definition) is 5. The first-order valence-electron chi connectivity index (χ1n) is 6.81. The summed E-state index contributed by atoms with van der Waals surface area (Å²) in [7, 11) is 1.68. The first-order chi connectivity index (χ1) is 10.3. The fraction of sp³-hybridized carbons (Fsp3) is 0.188. The highest BCUT2D eigenvalue weighted by atomic mass is 32.2. The highest BCUT2D eigenvalue weighted by molar-refractivity contribution is 7.99. The van der Waals surface area contributed by atoms with Gasteiger partial charge in [0.25, 0.3) is 0 Å². The lowest BCUT2D eigenvalue weighted by atomic mass is 10.3. The molecular formula is C16H17N3OS. The number of methoxy groups -OCH3 is 1. The number of hydrogen-bond donors (Lipinski definition) is 2. The van der Waals surface area contributed by atoms with Crippen LogP contribution in [0.4, 0.5) is 5.69 Å². The molecule has 1 aliphatic rings. The lowest BCUT2D eigenvalue weighted by Crippen LogP contribution is -2.26. The van der Waals surface area contributed by atoms with E-state index in [1.165, 1.54) is 9.79 Å². The van der Waals surface area contributed by atoms with Gasteiger partial charge in [-0.1, -0.05) is 11.8 Å². The SMILES string of the molecule is COc1ccc(Sc2ccc(NC3=NCCN3)cc2)cc1. The number of nitrogens with one attached hydrogen (secondary N) is 2. The summed E-state index contributed by atoms with van der Waals surface area (Å²) in [4.78, 5) is 6.71. The van der Waals surface area contributed by atoms with Gasteiger partial charge in [-0.05, 0) is 48.5 Å². The number of guanidine groups is 1. The average molecular weight is 299 g/mol. The van der Waals surface area contributed by atoms with Gasteiger partial charge in [0, 0.05) is 22.0 Å². The van der Waals surface area contributed by atoms with Crippen molar-refractivity contribution in [2.45, 2.75) is 9.79 Å². The van der Waals surface area contributed by atoms with Crippen LogP contribution in [0, 0.1) is 0 Å². The molecule has 5 heteroatoms. The van der Waals surface area contributed by atoms with E-state index in [-0.39, 0.29) is 0 Å². The molecule has 3 rings (SSSR count). The maximum Gasteiger partial charge on any atom is 0.195 e. The van der Waals surface area contributed by atoms with Crippen molar-refractivity contribution >= 4 is 23.4 Å². The van der Waals surface area contributed by atoms with Crippen LogP contribution < -0.4 is 15.4 Å². The minimum Gasteiger partial charge on any atom is -0.497 e. The molecule has 0 saturated carbocycles. The van der Waals surface area contributed by atoms with Gasteiger partial charge in [-0.15, -0.1) is 0 Å². The van der Waals surface area contributed by atoms with E-state index >= 15 is 0 Å². The minimum atomic E-state index is 0.841. The fourth-order valence-corrected chi connectivity index (χ4v) is 2.82. The van der Waals surface area contributed by atoms with Crippen molar-refractivity contribution in [3.8, 4) is 5.75 Å². The van der Waals surface area contributed by atoms with Crippen LogP contribution >= 0.6 is 11.8 Å². The molecule has 2 N–H and O–H groups in total. The highest BCUT2D eigenvalue weighted by Crippen LogP contribution is 2.29. The topological polar surface area (TPSA) is 45.6 Å². The normalized spacial score (nSPS) is 13.5. The predicted octanol–water partition coefficient (Wildman–Crippen LogP) is 3.22. The van der Waals surface area contributed by atoms with E-state index in [9.17, 15) is 0 Å². The molecular weight excluding hydrogens is 282 g/mol. The Morgan fingerprint density at radius 1 is 1.05 bits per heavy atom. The molecule has 0 radical (unpaired) electrons. The molecule has 1 aliphatic heterocycles. The zero-order valence-electron chi connectivity index (χ0n) is 11.8. The van der Waals surface area contributed by atoms with Gasteiger partial charge in [0.2, 0.25) is 0 Å². The Labute approximate surface area is 128 Å². The van der Waals surface area contributed by atoms with Crippen LogP contribution in [0.5, 0.6) is 5.75 Å². The van der Waals surface area contributed by atoms with Crippen molar-refractivity contribution in [3.63, 3.8) is 0 Å². The number of anilines is 1. The van der Waals surface area contributed by atoms with E-state index < -0.39 is 0 Å². The molecule has 0 atom stereocenters. The molecule has 0 fully saturated rings. The summed E-state index contributed by atoms with van der Waals surface area (Å²) >= 11 is 1.73. The van der Waals surface area contributed by atoms with Gasteiger partial charge in [-0.3, -0.25) is 4.99 Å². The molecule has 2 aromatic carbocycles. The molecule has 4 nitrogen and oxygen atoms in total. The van der Waals surface area contributed by atoms with Crippen LogP contribution in [0.1, 0.15) is 0 Å². The molecule has 0 aliphatic carbocycles. The third kappa shape index (κ3) is 3.70. The van der Waals surface area contributed by atoms with Crippen LogP contribution in [0.3, 0.4) is 0 Å². The maximum atomic E-state index is 5.16. The Morgan fingerprint density at radius 3 is 2.29 bits per heavy atom. The molecule has 0 spiro atoms. The van der Waals surface area contributed by atoms with Crippen molar-refractivity contribution < 1.29 is 4.74 Å². The van der Waals surface area contributed by atoms with Crippen LogP contribution in [0.25, 0.3) is 0 Å². The summed E-state index contributed by atoms with van der Waals surface area (Å²) in [6.07, 6.45) is 0. The summed E-state index contributed by atoms with van der Waals surface area (Å²) in [6.45, 7) is 1.75. The van der Waals surface area contributed by atoms with Gasteiger partial charge in [0.1, 0.15) is 5.75 Å². The highest BCUT2D eigenvalue weighted by Gasteiger charge is 2.05. The van der Waals surface area contributed by atoms with Crippen molar-refractivity contribution in [1.82, 2.24) is 5.32 Å². The van der Waals surface area contributed by atoms with Gasteiger partial charge in [0.15, 0.2) is 5.96 Å². The standard InChI is InChI=1S/C16H17N3OS/c1-20-13-4-8-15(9-5-13)21-14-6-2-12(3-7-14)19-16-17-10-11-18-16/h2-9H,10-11H2,1H3,(H2,17,18,19). The van der Waals surface area contributed by atoms with Gasteiger partial charge >= 0.3 is 0 Å². The van der Waals surface area contributed by atoms with Gasteiger partial charge in [-0.2, -0.15) is 0 Å². The number of rotatable bonds is 4. The summed E-state index contributed by atoms with van der Waals surface area (Å²) in [5, 5.41) is 6.45. The third-order valence-electron chi connectivity index (χ3n) is 3.09. The molecule has 21 heavy (non-hydrogen) atoms. The van der Waals surface area contributed by atoms with Crippen molar-refractivity contribution in [1.29, 1.82) is 0 Å². The van der Waals surface area contributed by atoms with Crippen molar-refractivity contribution in [2.24, 2.45) is 4.99 Å². The van der Waals surface area contributed by atoms with Gasteiger partial charge < -0.3 is 15.4 Å². The zero-order chi connectivity index (χ0) is 14.5. The van der Waals surface area contributed by atoms with E-state index in [0.717, 1.165) is 30.5 Å². The second-order valence-corrected chi connectivity index (χ2v) is 5.73. The van der Waals surface area contributed by atoms with Crippen LogP contribution in [-0.2, 0) is 0 Å². The maximum absolute atomic E-state index is 5.16. The number of benzene rings is 2. The third-order valence-corrected chi connectivity index (χ3v) is 4.10. The smallest absolute Gasteiger partial charge is 0.195 e. The molecule has 2 aromatic rings. The van der Waals surface area contributed by atoms with E-state index in [1.807, 2.05) is 12.1 Å². The summed E-state index contributed by atoms with van der Waals surface area (Å²) in [5.74, 6) is 1.73. The van der Waals surface area contributed by atoms with E-state index in [4.69, 9.17) is 4.74 Å². The first kappa shape index (κ1) is 13.8. The summed E-state index contributed by atoms with van der Waals surface area (Å²) in [6, 6.07) is 16.4. The molecule has 0 saturated heterocycles. The Kier molecular flexibility index (Phi) is 4.31. The minimum absolute atomic E-state index is 0.841. The summed E-state index contributed by atoms with van der Waals surface area (Å²) in [5.41, 5.74) is 1.04. The predicted molar refractivity (Wildman–Crippen MR) is 87.5 cm³/mol. The Balaban J connectivity index is 1.63. The first-order valence-corrected chi connectivity index (χ1v) is 7.62. The van der Waals surface area contributed by atoms with Crippen LogP contribution in [0.15, 0.2) is 63.3 Å². The molecule has 1 heterocycles. The number of ether oxygens (including phenoxy) is 1. The van der Waals surface area contributed by atoms with Crippen LogP contribution in [0.2, 0.25) is 0 Å². The fourth-order valence-electron chi connectivity index (χ4n) is 2.00. The van der Waals surface area contributed by atoms with E-state index in [1.54, 1.807) is 18.9 Å². The van der Waals surface area contributed by atoms with E-state index in [2.05, 4.69) is 52.0 Å². The van der Waals surface area contributed by atoms with E-state index in [0.29, 0.717) is 0 Å². The van der Waals surface area contributed by atoms with Gasteiger partial charge in [-0.25, -0.2) is 0 Å². The Bertz CT molecular complexity index is 623. The zero-order valence-corrected chi connectivity index (χ0v) is 12.6. The van der Waals surface area contributed by atoms with Crippen LogP contribution in [-0.4, -0.2) is 26.2 Å².